The number of hydrogen-bond donors (Lipinski definition) is 0. The van der Waals surface area contributed by atoms with Crippen molar-refractivity contribution in [1.82, 2.24) is 15.0 Å². The van der Waals surface area contributed by atoms with E-state index < -0.39 is 0 Å². The first kappa shape index (κ1) is 43.3. The molecule has 7 rings (SSSR count). The van der Waals surface area contributed by atoms with Gasteiger partial charge in [0.2, 0.25) is 5.88 Å². The fourth-order valence-electron chi connectivity index (χ4n) is 6.08. The summed E-state index contributed by atoms with van der Waals surface area (Å²) >= 11 is 0. The van der Waals surface area contributed by atoms with Crippen molar-refractivity contribution in [3.63, 3.8) is 0 Å². The van der Waals surface area contributed by atoms with E-state index in [-0.39, 0.29) is 29.9 Å². The first-order valence-electron chi connectivity index (χ1n) is 20.4. The number of ether oxygens (including phenoxy) is 6. The molecule has 11 nitrogen and oxygen atoms in total. The molecule has 0 bridgehead atoms. The van der Waals surface area contributed by atoms with Gasteiger partial charge in [0, 0.05) is 6.92 Å². The van der Waals surface area contributed by atoms with Crippen LogP contribution in [0.25, 0.3) is 11.1 Å². The third-order valence-electron chi connectivity index (χ3n) is 10.3. The molecule has 0 aliphatic heterocycles. The van der Waals surface area contributed by atoms with Crippen LogP contribution in [-0.2, 0) is 0 Å². The molecular formula is C52H49N5O6. The van der Waals surface area contributed by atoms with Crippen LogP contribution in [0.4, 0.5) is 0 Å². The molecule has 7 aromatic rings. The maximum absolute atomic E-state index is 6.13. The Kier molecular flexibility index (Phi) is 13.3. The highest BCUT2D eigenvalue weighted by atomic mass is 16.5. The van der Waals surface area contributed by atoms with Crippen molar-refractivity contribution in [2.24, 2.45) is 9.98 Å². The quantitative estimate of drug-likeness (QED) is 0.0673. The van der Waals surface area contributed by atoms with Crippen LogP contribution in [0, 0.1) is 55.4 Å². The third kappa shape index (κ3) is 11.7. The Labute approximate surface area is 368 Å². The van der Waals surface area contributed by atoms with E-state index in [1.165, 1.54) is 5.56 Å². The van der Waals surface area contributed by atoms with E-state index in [9.17, 15) is 0 Å². The first-order valence-corrected chi connectivity index (χ1v) is 20.4. The molecule has 1 heterocycles. The van der Waals surface area contributed by atoms with Gasteiger partial charge in [-0.15, -0.1) is 15.0 Å². The van der Waals surface area contributed by atoms with E-state index in [4.69, 9.17) is 28.4 Å². The number of aryl methyl sites for hydroxylation is 8. The Morgan fingerprint density at radius 3 is 1.16 bits per heavy atom. The lowest BCUT2D eigenvalue weighted by molar-refractivity contribution is 0.362. The standard InChI is InChI=1S/C52H49N5O6/c1-31-11-19-45(27-35(31)5)59-40(10)54-49(61-46-20-12-32(2)36(6)28-46)53-39(9)58-43-23-15-41(16-24-43)42-17-25-44(26-18-42)60-50-55-51(62-47-21-13-33(3)37(7)29-47)57-52(56-50)63-48-22-14-34(4)38(8)30-48/h11-30H,9H2,1-8,10H3/b53-49+,54-40+. The highest BCUT2D eigenvalue weighted by Gasteiger charge is 2.15. The molecule has 0 saturated heterocycles. The predicted octanol–water partition coefficient (Wildman–Crippen LogP) is 13.2. The molecule has 0 radical (unpaired) electrons. The van der Waals surface area contributed by atoms with E-state index in [0.717, 1.165) is 50.1 Å². The van der Waals surface area contributed by atoms with E-state index in [0.29, 0.717) is 40.4 Å². The largest absolute Gasteiger partial charge is 0.443 e. The van der Waals surface area contributed by atoms with Crippen molar-refractivity contribution in [2.75, 3.05) is 0 Å². The van der Waals surface area contributed by atoms with Gasteiger partial charge in [-0.3, -0.25) is 0 Å². The van der Waals surface area contributed by atoms with Gasteiger partial charge in [-0.25, -0.2) is 0 Å². The van der Waals surface area contributed by atoms with Gasteiger partial charge in [0.15, 0.2) is 5.90 Å². The summed E-state index contributed by atoms with van der Waals surface area (Å²) in [6.07, 6.45) is 0. The van der Waals surface area contributed by atoms with Crippen LogP contribution in [0.1, 0.15) is 51.4 Å². The van der Waals surface area contributed by atoms with E-state index in [1.807, 2.05) is 170 Å². The Hall–Kier alpha value is -7.79. The van der Waals surface area contributed by atoms with Gasteiger partial charge in [0.05, 0.1) is 0 Å². The summed E-state index contributed by atoms with van der Waals surface area (Å²) in [4.78, 5) is 22.4. The molecule has 0 aliphatic rings. The number of aliphatic imine (C=N–C) groups is 2. The lowest BCUT2D eigenvalue weighted by Crippen LogP contribution is -2.13. The molecule has 0 aliphatic carbocycles. The van der Waals surface area contributed by atoms with Gasteiger partial charge in [0.1, 0.15) is 34.5 Å². The summed E-state index contributed by atoms with van der Waals surface area (Å²) in [6, 6.07) is 38.3. The minimum atomic E-state index is 0.0101. The Morgan fingerprint density at radius 1 is 0.381 bits per heavy atom. The number of nitrogens with zero attached hydrogens (tertiary/aromatic N) is 5. The van der Waals surface area contributed by atoms with Gasteiger partial charge in [-0.2, -0.15) is 9.98 Å². The maximum Gasteiger partial charge on any atom is 0.331 e. The van der Waals surface area contributed by atoms with Crippen LogP contribution in [0.15, 0.2) is 144 Å². The molecule has 0 fully saturated rings. The van der Waals surface area contributed by atoms with Crippen molar-refractivity contribution < 1.29 is 28.4 Å². The van der Waals surface area contributed by atoms with E-state index in [1.54, 1.807) is 6.92 Å². The average Bonchev–Trinajstić information content (AvgIpc) is 3.24. The molecule has 0 atom stereocenters. The van der Waals surface area contributed by atoms with Gasteiger partial charge < -0.3 is 28.4 Å². The molecule has 0 saturated carbocycles. The zero-order chi connectivity index (χ0) is 44.6. The van der Waals surface area contributed by atoms with Gasteiger partial charge in [0.25, 0.3) is 0 Å². The van der Waals surface area contributed by atoms with Crippen molar-refractivity contribution in [3.8, 4) is 63.7 Å². The fraction of sp³-hybridized carbons (Fsp3) is 0.173. The highest BCUT2D eigenvalue weighted by Crippen LogP contribution is 2.31. The number of benzene rings is 6. The lowest BCUT2D eigenvalue weighted by atomic mass is 10.1. The number of amidine groups is 1. The Morgan fingerprint density at radius 2 is 0.730 bits per heavy atom. The summed E-state index contributed by atoms with van der Waals surface area (Å²) < 4.78 is 36.4. The monoisotopic (exact) mass is 839 g/mol. The van der Waals surface area contributed by atoms with Crippen molar-refractivity contribution in [1.29, 1.82) is 0 Å². The van der Waals surface area contributed by atoms with Gasteiger partial charge >= 0.3 is 24.1 Å². The molecule has 11 heteroatoms. The third-order valence-corrected chi connectivity index (χ3v) is 10.3. The SMILES string of the molecule is C=C(/N=C(\N=C(/C)Oc1ccc(C)c(C)c1)Oc1ccc(C)c(C)c1)Oc1ccc(-c2ccc(Oc3nc(Oc4ccc(C)c(C)c4)nc(Oc4ccc(C)c(C)c4)n3)cc2)cc1. The van der Waals surface area contributed by atoms with Crippen LogP contribution in [0.5, 0.6) is 52.5 Å². The first-order chi connectivity index (χ1) is 30.2. The summed E-state index contributed by atoms with van der Waals surface area (Å²) in [7, 11) is 0. The molecule has 1 aromatic heterocycles. The van der Waals surface area contributed by atoms with Crippen molar-refractivity contribution >= 4 is 11.9 Å². The summed E-state index contributed by atoms with van der Waals surface area (Å²) in [5.41, 5.74) is 10.8. The zero-order valence-electron chi connectivity index (χ0n) is 36.9. The second-order valence-electron chi connectivity index (χ2n) is 15.2. The molecule has 6 aromatic carbocycles. The summed E-state index contributed by atoms with van der Waals surface area (Å²) in [5.74, 6) is 3.83. The highest BCUT2D eigenvalue weighted by molar-refractivity contribution is 5.91. The predicted molar refractivity (Wildman–Crippen MR) is 247 cm³/mol. The Bertz CT molecular complexity index is 2780. The number of rotatable bonds is 12. The molecule has 0 amide bonds. The van der Waals surface area contributed by atoms with Crippen LogP contribution in [0.3, 0.4) is 0 Å². The molecule has 63 heavy (non-hydrogen) atoms. The van der Waals surface area contributed by atoms with Crippen LogP contribution in [-0.4, -0.2) is 26.9 Å². The zero-order valence-corrected chi connectivity index (χ0v) is 36.9. The van der Waals surface area contributed by atoms with Gasteiger partial charge in [-0.1, -0.05) is 48.5 Å². The van der Waals surface area contributed by atoms with E-state index in [2.05, 4.69) is 38.4 Å². The van der Waals surface area contributed by atoms with Crippen molar-refractivity contribution in [2.45, 2.75) is 62.3 Å². The number of aromatic nitrogens is 3. The lowest BCUT2D eigenvalue weighted by Gasteiger charge is -2.12. The molecule has 0 spiro atoms. The van der Waals surface area contributed by atoms with Crippen LogP contribution < -0.4 is 28.4 Å². The minimum absolute atomic E-state index is 0.0101. The molecule has 318 valence electrons. The maximum atomic E-state index is 6.13. The Balaban J connectivity index is 1.05. The molecule has 0 N–H and O–H groups in total. The molecule has 0 unspecified atom stereocenters. The van der Waals surface area contributed by atoms with Gasteiger partial charge in [-0.05, 0) is 190 Å². The van der Waals surface area contributed by atoms with Crippen LogP contribution in [0.2, 0.25) is 0 Å². The molecular weight excluding hydrogens is 791 g/mol. The van der Waals surface area contributed by atoms with Crippen molar-refractivity contribution in [3.05, 3.63) is 178 Å². The fourth-order valence-corrected chi connectivity index (χ4v) is 6.08. The number of hydrogen-bond acceptors (Lipinski definition) is 10. The smallest absolute Gasteiger partial charge is 0.331 e. The second-order valence-corrected chi connectivity index (χ2v) is 15.2. The topological polar surface area (TPSA) is 119 Å². The second kappa shape index (κ2) is 19.3. The summed E-state index contributed by atoms with van der Waals surface area (Å²) in [6.45, 7) is 22.0. The minimum Gasteiger partial charge on any atom is -0.443 e. The average molecular weight is 840 g/mol. The van der Waals surface area contributed by atoms with E-state index >= 15 is 0 Å². The normalized spacial score (nSPS) is 11.5. The van der Waals surface area contributed by atoms with Crippen LogP contribution >= 0.6 is 0 Å². The summed E-state index contributed by atoms with van der Waals surface area (Å²) in [5, 5.41) is 0.